The maximum Gasteiger partial charge on any atom is 0.251 e. The van der Waals surface area contributed by atoms with Crippen molar-refractivity contribution in [3.05, 3.63) is 70.8 Å². The van der Waals surface area contributed by atoms with Crippen LogP contribution in [-0.4, -0.2) is 36.9 Å². The molecule has 0 fully saturated rings. The molecule has 3 rings (SSSR count). The Balaban J connectivity index is 1.56. The Labute approximate surface area is 148 Å². The molecule has 0 aromatic heterocycles. The van der Waals surface area contributed by atoms with E-state index in [9.17, 15) is 4.79 Å². The summed E-state index contributed by atoms with van der Waals surface area (Å²) in [7, 11) is 2.02. The molecular formula is C20H24N4O. The van der Waals surface area contributed by atoms with Gasteiger partial charge in [0.1, 0.15) is 0 Å². The molecule has 130 valence electrons. The molecule has 0 radical (unpaired) electrons. The number of rotatable bonds is 5. The molecule has 2 N–H and O–H groups in total. The zero-order chi connectivity index (χ0) is 17.6. The summed E-state index contributed by atoms with van der Waals surface area (Å²) >= 11 is 0. The minimum Gasteiger partial charge on any atom is -0.352 e. The van der Waals surface area contributed by atoms with Crippen LogP contribution in [0.25, 0.3) is 0 Å². The number of hydrogen-bond donors (Lipinski definition) is 2. The average Bonchev–Trinajstić information content (AvgIpc) is 3.04. The fourth-order valence-electron chi connectivity index (χ4n) is 2.72. The van der Waals surface area contributed by atoms with Crippen LogP contribution in [0, 0.1) is 6.92 Å². The van der Waals surface area contributed by atoms with Gasteiger partial charge in [-0.15, -0.1) is 0 Å². The van der Waals surface area contributed by atoms with E-state index in [2.05, 4.69) is 39.6 Å². The second kappa shape index (κ2) is 7.83. The predicted molar refractivity (Wildman–Crippen MR) is 101 cm³/mol. The van der Waals surface area contributed by atoms with Gasteiger partial charge in [-0.05, 0) is 30.2 Å². The van der Waals surface area contributed by atoms with Crippen LogP contribution < -0.4 is 10.6 Å². The van der Waals surface area contributed by atoms with Gasteiger partial charge >= 0.3 is 0 Å². The van der Waals surface area contributed by atoms with Crippen LogP contribution in [-0.2, 0) is 13.1 Å². The van der Waals surface area contributed by atoms with Gasteiger partial charge in [0.15, 0.2) is 5.96 Å². The summed E-state index contributed by atoms with van der Waals surface area (Å²) in [4.78, 5) is 18.9. The molecular weight excluding hydrogens is 312 g/mol. The number of nitrogens with one attached hydrogen (secondary N) is 2. The number of carbonyl (C=O) groups excluding carboxylic acids is 1. The van der Waals surface area contributed by atoms with Gasteiger partial charge in [-0.1, -0.05) is 42.0 Å². The number of nitrogens with zero attached hydrogens (tertiary/aromatic N) is 2. The van der Waals surface area contributed by atoms with Crippen molar-refractivity contribution in [3.63, 3.8) is 0 Å². The Morgan fingerprint density at radius 1 is 1.12 bits per heavy atom. The summed E-state index contributed by atoms with van der Waals surface area (Å²) in [6, 6.07) is 15.9. The van der Waals surface area contributed by atoms with E-state index in [1.165, 1.54) is 5.56 Å². The Kier molecular flexibility index (Phi) is 5.33. The number of carbonyl (C=O) groups is 1. The van der Waals surface area contributed by atoms with E-state index in [0.29, 0.717) is 18.7 Å². The molecule has 0 aliphatic carbocycles. The highest BCUT2D eigenvalue weighted by Crippen LogP contribution is 2.08. The molecule has 0 saturated heterocycles. The monoisotopic (exact) mass is 336 g/mol. The lowest BCUT2D eigenvalue weighted by Crippen LogP contribution is -2.35. The van der Waals surface area contributed by atoms with Gasteiger partial charge in [0.2, 0.25) is 0 Å². The molecule has 0 spiro atoms. The molecule has 2 aromatic carbocycles. The molecule has 1 aliphatic heterocycles. The Bertz CT molecular complexity index is 768. The van der Waals surface area contributed by atoms with Crippen LogP contribution in [0.15, 0.2) is 53.5 Å². The fraction of sp³-hybridized carbons (Fsp3) is 0.300. The second-order valence-electron chi connectivity index (χ2n) is 6.35. The number of aliphatic imine (C=N–C) groups is 1. The number of hydrogen-bond acceptors (Lipinski definition) is 4. The first-order valence-electron chi connectivity index (χ1n) is 8.54. The van der Waals surface area contributed by atoms with Crippen molar-refractivity contribution in [3.8, 4) is 0 Å². The summed E-state index contributed by atoms with van der Waals surface area (Å²) in [6.45, 7) is 5.02. The third kappa shape index (κ3) is 4.59. The smallest absolute Gasteiger partial charge is 0.251 e. The molecule has 0 atom stereocenters. The SMILES string of the molecule is Cc1ccc(CNC(=O)c2cccc(CNC3=NCCN3C)c2)cc1. The van der Waals surface area contributed by atoms with Crippen molar-refractivity contribution in [1.82, 2.24) is 15.5 Å². The summed E-state index contributed by atoms with van der Waals surface area (Å²) < 4.78 is 0. The zero-order valence-corrected chi connectivity index (χ0v) is 14.7. The molecule has 1 aliphatic rings. The highest BCUT2D eigenvalue weighted by atomic mass is 16.1. The van der Waals surface area contributed by atoms with Gasteiger partial charge in [0.05, 0.1) is 6.54 Å². The van der Waals surface area contributed by atoms with E-state index >= 15 is 0 Å². The molecule has 25 heavy (non-hydrogen) atoms. The number of amides is 1. The van der Waals surface area contributed by atoms with Gasteiger partial charge in [0, 0.05) is 32.2 Å². The van der Waals surface area contributed by atoms with Gasteiger partial charge in [-0.3, -0.25) is 9.79 Å². The van der Waals surface area contributed by atoms with Gasteiger partial charge in [-0.2, -0.15) is 0 Å². The molecule has 0 bridgehead atoms. The Morgan fingerprint density at radius 2 is 1.92 bits per heavy atom. The zero-order valence-electron chi connectivity index (χ0n) is 14.7. The number of likely N-dealkylation sites (N-methyl/N-ethyl adjacent to an activating group) is 1. The number of guanidine groups is 1. The maximum atomic E-state index is 12.4. The normalized spacial score (nSPS) is 13.5. The maximum absolute atomic E-state index is 12.4. The minimum absolute atomic E-state index is 0.0576. The van der Waals surface area contributed by atoms with E-state index < -0.39 is 0 Å². The van der Waals surface area contributed by atoms with Crippen LogP contribution >= 0.6 is 0 Å². The van der Waals surface area contributed by atoms with E-state index in [1.807, 2.05) is 43.4 Å². The third-order valence-corrected chi connectivity index (χ3v) is 4.27. The fourth-order valence-corrected chi connectivity index (χ4v) is 2.72. The van der Waals surface area contributed by atoms with E-state index in [4.69, 9.17) is 0 Å². The number of aryl methyl sites for hydroxylation is 1. The predicted octanol–water partition coefficient (Wildman–Crippen LogP) is 2.32. The molecule has 0 unspecified atom stereocenters. The third-order valence-electron chi connectivity index (χ3n) is 4.27. The molecule has 5 nitrogen and oxygen atoms in total. The quantitative estimate of drug-likeness (QED) is 0.881. The first kappa shape index (κ1) is 17.0. The minimum atomic E-state index is -0.0576. The van der Waals surface area contributed by atoms with Crippen molar-refractivity contribution in [1.29, 1.82) is 0 Å². The molecule has 5 heteroatoms. The van der Waals surface area contributed by atoms with Crippen molar-refractivity contribution >= 4 is 11.9 Å². The van der Waals surface area contributed by atoms with Crippen molar-refractivity contribution in [2.24, 2.45) is 4.99 Å². The average molecular weight is 336 g/mol. The van der Waals surface area contributed by atoms with Crippen molar-refractivity contribution in [2.45, 2.75) is 20.0 Å². The van der Waals surface area contributed by atoms with Crippen LogP contribution in [0.5, 0.6) is 0 Å². The summed E-state index contributed by atoms with van der Waals surface area (Å²) in [6.07, 6.45) is 0. The Hall–Kier alpha value is -2.82. The lowest BCUT2D eigenvalue weighted by molar-refractivity contribution is 0.0951. The highest BCUT2D eigenvalue weighted by Gasteiger charge is 2.12. The largest absolute Gasteiger partial charge is 0.352 e. The van der Waals surface area contributed by atoms with Crippen molar-refractivity contribution < 1.29 is 4.79 Å². The van der Waals surface area contributed by atoms with Crippen LogP contribution in [0.4, 0.5) is 0 Å². The lowest BCUT2D eigenvalue weighted by atomic mass is 10.1. The van der Waals surface area contributed by atoms with Crippen LogP contribution in [0.2, 0.25) is 0 Å². The molecule has 0 saturated carbocycles. The molecule has 2 aromatic rings. The summed E-state index contributed by atoms with van der Waals surface area (Å²) in [5, 5.41) is 6.30. The van der Waals surface area contributed by atoms with Gasteiger partial charge in [-0.25, -0.2) is 0 Å². The standard InChI is InChI=1S/C20H24N4O/c1-15-6-8-16(9-7-15)13-22-19(25)18-5-3-4-17(12-18)14-23-20-21-10-11-24(20)2/h3-9,12H,10-11,13-14H2,1-2H3,(H,21,23)(H,22,25). The highest BCUT2D eigenvalue weighted by molar-refractivity contribution is 5.94. The van der Waals surface area contributed by atoms with E-state index in [1.54, 1.807) is 0 Å². The van der Waals surface area contributed by atoms with Gasteiger partial charge < -0.3 is 15.5 Å². The van der Waals surface area contributed by atoms with Crippen LogP contribution in [0.3, 0.4) is 0 Å². The first-order valence-corrected chi connectivity index (χ1v) is 8.54. The second-order valence-corrected chi connectivity index (χ2v) is 6.35. The topological polar surface area (TPSA) is 56.7 Å². The summed E-state index contributed by atoms with van der Waals surface area (Å²) in [5.41, 5.74) is 4.05. The lowest BCUT2D eigenvalue weighted by Gasteiger charge is -2.15. The number of benzene rings is 2. The molecule has 1 heterocycles. The van der Waals surface area contributed by atoms with E-state index in [-0.39, 0.29) is 5.91 Å². The Morgan fingerprint density at radius 3 is 2.64 bits per heavy atom. The van der Waals surface area contributed by atoms with Crippen LogP contribution in [0.1, 0.15) is 27.0 Å². The van der Waals surface area contributed by atoms with Gasteiger partial charge in [0.25, 0.3) is 5.91 Å². The first-order chi connectivity index (χ1) is 12.1. The summed E-state index contributed by atoms with van der Waals surface area (Å²) in [5.74, 6) is 0.854. The molecule has 1 amide bonds. The van der Waals surface area contributed by atoms with Crippen molar-refractivity contribution in [2.75, 3.05) is 20.1 Å². The van der Waals surface area contributed by atoms with E-state index in [0.717, 1.165) is 30.2 Å².